The molecule has 7 nitrogen and oxygen atoms in total. The van der Waals surface area contributed by atoms with Crippen LogP contribution < -0.4 is 9.64 Å². The third-order valence-corrected chi connectivity index (χ3v) is 6.70. The smallest absolute Gasteiger partial charge is 0.353 e. The number of hydrogen-bond acceptors (Lipinski definition) is 7. The van der Waals surface area contributed by atoms with Gasteiger partial charge < -0.3 is 14.4 Å². The van der Waals surface area contributed by atoms with Crippen LogP contribution in [0.15, 0.2) is 60.0 Å². The lowest BCUT2D eigenvalue weighted by Gasteiger charge is -2.19. The number of carbonyl (C=O) groups excluding carboxylic acids is 4. The molecular formula is C25H20ClNO6S. The van der Waals surface area contributed by atoms with Gasteiger partial charge in [-0.2, -0.15) is 0 Å². The van der Waals surface area contributed by atoms with Crippen molar-refractivity contribution in [1.82, 2.24) is 0 Å². The summed E-state index contributed by atoms with van der Waals surface area (Å²) in [4.78, 5) is 51.4. The molecular weight excluding hydrogens is 478 g/mol. The van der Waals surface area contributed by atoms with Crippen molar-refractivity contribution in [3.63, 3.8) is 0 Å². The minimum Gasteiger partial charge on any atom is -0.457 e. The number of Topliss-reactive ketones (excluding diaryl/α,β-unsaturated/α-hetero) is 1. The largest absolute Gasteiger partial charge is 0.457 e. The van der Waals surface area contributed by atoms with Crippen LogP contribution in [0.4, 0.5) is 5.69 Å². The van der Waals surface area contributed by atoms with E-state index >= 15 is 0 Å². The number of ether oxygens (including phenoxy) is 2. The Balaban J connectivity index is 1.30. The Labute approximate surface area is 204 Å². The highest BCUT2D eigenvalue weighted by molar-refractivity contribution is 7.12. The highest BCUT2D eigenvalue weighted by atomic mass is 35.5. The van der Waals surface area contributed by atoms with Crippen LogP contribution in [0.5, 0.6) is 5.75 Å². The average molecular weight is 498 g/mol. The van der Waals surface area contributed by atoms with Gasteiger partial charge in [0, 0.05) is 29.2 Å². The van der Waals surface area contributed by atoms with Crippen molar-refractivity contribution in [1.29, 1.82) is 0 Å². The first kappa shape index (κ1) is 23.7. The minimum atomic E-state index is -0.669. The summed E-state index contributed by atoms with van der Waals surface area (Å²) in [5.41, 5.74) is 1.72. The minimum absolute atomic E-state index is 0.00326. The molecule has 0 spiro atoms. The summed E-state index contributed by atoms with van der Waals surface area (Å²) in [6, 6.07) is 14.7. The van der Waals surface area contributed by atoms with Crippen LogP contribution in [0.3, 0.4) is 0 Å². The fraction of sp³-hybridized carbons (Fsp3) is 0.200. The Morgan fingerprint density at radius 1 is 1.09 bits per heavy atom. The molecule has 0 bridgehead atoms. The van der Waals surface area contributed by atoms with E-state index in [-0.39, 0.29) is 18.9 Å². The Hall–Kier alpha value is -3.49. The molecule has 34 heavy (non-hydrogen) atoms. The quantitative estimate of drug-likeness (QED) is 0.267. The van der Waals surface area contributed by atoms with Gasteiger partial charge >= 0.3 is 11.9 Å². The lowest BCUT2D eigenvalue weighted by atomic mass is 10.1. The molecule has 1 saturated heterocycles. The van der Waals surface area contributed by atoms with Gasteiger partial charge in [-0.3, -0.25) is 14.4 Å². The molecule has 1 aliphatic heterocycles. The van der Waals surface area contributed by atoms with Crippen molar-refractivity contribution in [2.24, 2.45) is 5.92 Å². The van der Waals surface area contributed by atoms with E-state index in [0.717, 1.165) is 5.56 Å². The number of carbonyl (C=O) groups is 4. The number of anilines is 1. The van der Waals surface area contributed by atoms with E-state index in [2.05, 4.69) is 0 Å². The van der Waals surface area contributed by atoms with Gasteiger partial charge in [0.2, 0.25) is 5.91 Å². The molecule has 2 heterocycles. The Morgan fingerprint density at radius 3 is 2.56 bits per heavy atom. The van der Waals surface area contributed by atoms with Crippen LogP contribution in [0.2, 0.25) is 5.02 Å². The van der Waals surface area contributed by atoms with E-state index in [1.807, 2.05) is 6.92 Å². The highest BCUT2D eigenvalue weighted by Gasteiger charge is 2.37. The summed E-state index contributed by atoms with van der Waals surface area (Å²) >= 11 is 7.42. The fourth-order valence-electron chi connectivity index (χ4n) is 3.59. The van der Waals surface area contributed by atoms with Gasteiger partial charge in [0.15, 0.2) is 12.4 Å². The number of hydrogen-bond donors (Lipinski definition) is 0. The number of thiophene rings is 1. The molecule has 1 amide bonds. The number of benzene rings is 2. The molecule has 0 aliphatic carbocycles. The van der Waals surface area contributed by atoms with Crippen LogP contribution in [-0.2, 0) is 14.3 Å². The Kier molecular flexibility index (Phi) is 7.09. The second-order valence-electron chi connectivity index (χ2n) is 7.71. The first-order chi connectivity index (χ1) is 16.3. The number of amides is 1. The van der Waals surface area contributed by atoms with Crippen molar-refractivity contribution in [2.45, 2.75) is 13.3 Å². The molecule has 1 aromatic heterocycles. The molecule has 1 atom stereocenters. The zero-order valence-corrected chi connectivity index (χ0v) is 19.7. The summed E-state index contributed by atoms with van der Waals surface area (Å²) in [6.45, 7) is 1.52. The van der Waals surface area contributed by atoms with Gasteiger partial charge in [-0.15, -0.1) is 11.3 Å². The van der Waals surface area contributed by atoms with Crippen molar-refractivity contribution in [3.05, 3.63) is 81.0 Å². The van der Waals surface area contributed by atoms with Gasteiger partial charge in [-0.1, -0.05) is 23.7 Å². The van der Waals surface area contributed by atoms with Crippen LogP contribution in [0.1, 0.15) is 32.0 Å². The number of rotatable bonds is 7. The van der Waals surface area contributed by atoms with E-state index in [9.17, 15) is 19.2 Å². The van der Waals surface area contributed by atoms with Gasteiger partial charge in [-0.05, 0) is 60.3 Å². The molecule has 9 heteroatoms. The number of ketones is 1. The first-order valence-corrected chi connectivity index (χ1v) is 11.7. The predicted octanol–water partition coefficient (Wildman–Crippen LogP) is 4.71. The topological polar surface area (TPSA) is 90.0 Å². The lowest BCUT2D eigenvalue weighted by molar-refractivity contribution is -0.147. The third kappa shape index (κ3) is 5.18. The molecule has 1 fully saturated rings. The molecule has 0 radical (unpaired) electrons. The predicted molar refractivity (Wildman–Crippen MR) is 128 cm³/mol. The summed E-state index contributed by atoms with van der Waals surface area (Å²) in [5.74, 6) is -2.06. The van der Waals surface area contributed by atoms with Gasteiger partial charge in [-0.25, -0.2) is 4.79 Å². The molecule has 1 aliphatic rings. The lowest BCUT2D eigenvalue weighted by Crippen LogP contribution is -2.27. The van der Waals surface area contributed by atoms with E-state index in [4.69, 9.17) is 21.1 Å². The second-order valence-corrected chi connectivity index (χ2v) is 9.07. The molecule has 3 aromatic rings. The van der Waals surface area contributed by atoms with Crippen LogP contribution in [-0.4, -0.2) is 36.8 Å². The maximum Gasteiger partial charge on any atom is 0.353 e. The molecule has 2 aromatic carbocycles. The Morgan fingerprint density at radius 2 is 1.85 bits per heavy atom. The summed E-state index contributed by atoms with van der Waals surface area (Å²) < 4.78 is 10.5. The number of esters is 2. The summed E-state index contributed by atoms with van der Waals surface area (Å²) in [5, 5.41) is 2.31. The van der Waals surface area contributed by atoms with E-state index in [1.54, 1.807) is 35.7 Å². The van der Waals surface area contributed by atoms with Crippen LogP contribution >= 0.6 is 22.9 Å². The average Bonchev–Trinajstić information content (AvgIpc) is 3.50. The molecule has 4 rings (SSSR count). The zero-order valence-electron chi connectivity index (χ0n) is 18.2. The molecule has 0 N–H and O–H groups in total. The van der Waals surface area contributed by atoms with Crippen molar-refractivity contribution >= 4 is 52.3 Å². The number of halogens is 1. The van der Waals surface area contributed by atoms with Gasteiger partial charge in [0.25, 0.3) is 0 Å². The van der Waals surface area contributed by atoms with Crippen molar-refractivity contribution in [2.75, 3.05) is 18.1 Å². The van der Waals surface area contributed by atoms with Crippen LogP contribution in [0, 0.1) is 12.8 Å². The molecule has 174 valence electrons. The highest BCUT2D eigenvalue weighted by Crippen LogP contribution is 2.31. The van der Waals surface area contributed by atoms with E-state index in [1.165, 1.54) is 40.5 Å². The monoisotopic (exact) mass is 497 g/mol. The van der Waals surface area contributed by atoms with Gasteiger partial charge in [0.1, 0.15) is 10.6 Å². The van der Waals surface area contributed by atoms with Crippen molar-refractivity contribution in [3.8, 4) is 5.75 Å². The normalized spacial score (nSPS) is 15.3. The fourth-order valence-corrected chi connectivity index (χ4v) is 4.35. The maximum absolute atomic E-state index is 12.5. The van der Waals surface area contributed by atoms with E-state index in [0.29, 0.717) is 26.9 Å². The molecule has 0 saturated carbocycles. The van der Waals surface area contributed by atoms with E-state index < -0.39 is 30.2 Å². The SMILES string of the molecule is Cc1c(Cl)cccc1N1C[C@H](C(=O)OCC(=O)c2ccc(OC(=O)c3cccs3)cc2)CC1=O. The number of nitrogens with zero attached hydrogens (tertiary/aromatic N) is 1. The van der Waals surface area contributed by atoms with Gasteiger partial charge in [0.05, 0.1) is 5.92 Å². The molecule has 0 unspecified atom stereocenters. The summed E-state index contributed by atoms with van der Waals surface area (Å²) in [7, 11) is 0. The third-order valence-electron chi connectivity index (χ3n) is 5.44. The zero-order chi connectivity index (χ0) is 24.2. The Bertz CT molecular complexity index is 1240. The van der Waals surface area contributed by atoms with Crippen molar-refractivity contribution < 1.29 is 28.7 Å². The second kappa shape index (κ2) is 10.2. The first-order valence-electron chi connectivity index (χ1n) is 10.4. The standard InChI is InChI=1S/C25H20ClNO6S/c1-15-19(26)4-2-5-20(15)27-13-17(12-23(27)29)24(30)32-14-21(28)16-7-9-18(10-8-16)33-25(31)22-6-3-11-34-22/h2-11,17H,12-14H2,1H3/t17-/m1/s1. The maximum atomic E-state index is 12.5. The van der Waals surface area contributed by atoms with Crippen LogP contribution in [0.25, 0.3) is 0 Å². The summed E-state index contributed by atoms with van der Waals surface area (Å²) in [6.07, 6.45) is 0.00326.